The van der Waals surface area contributed by atoms with Crippen LogP contribution in [0.15, 0.2) is 47.4 Å². The fourth-order valence-electron chi connectivity index (χ4n) is 2.66. The van der Waals surface area contributed by atoms with E-state index in [2.05, 4.69) is 4.98 Å². The zero-order chi connectivity index (χ0) is 20.8. The van der Waals surface area contributed by atoms with E-state index in [1.165, 1.54) is 16.7 Å². The van der Waals surface area contributed by atoms with Gasteiger partial charge in [-0.3, -0.25) is 9.20 Å². The van der Waals surface area contributed by atoms with Gasteiger partial charge in [0, 0.05) is 12.3 Å². The molecule has 0 atom stereocenters. The standard InChI is InChI=1S/C21H21ClN2O5/c1-3-9-28-17-7-5-14(10-18(17)27-4-2)21(26)29-13-16-11-20(25)24-12-15(22)6-8-19(24)23-16/h5-8,10-12H,3-4,9,13H2,1-2H3. The van der Waals surface area contributed by atoms with Crippen LogP contribution in [0.25, 0.3) is 5.65 Å². The molecular formula is C21H21ClN2O5. The number of rotatable bonds is 8. The van der Waals surface area contributed by atoms with Gasteiger partial charge in [-0.05, 0) is 43.7 Å². The summed E-state index contributed by atoms with van der Waals surface area (Å²) in [4.78, 5) is 29.0. The zero-order valence-electron chi connectivity index (χ0n) is 16.2. The summed E-state index contributed by atoms with van der Waals surface area (Å²) in [6.07, 6.45) is 2.35. The molecule has 0 unspecified atom stereocenters. The number of carbonyl (C=O) groups is 1. The molecule has 0 saturated heterocycles. The Morgan fingerprint density at radius 1 is 1.10 bits per heavy atom. The van der Waals surface area contributed by atoms with Crippen LogP contribution in [-0.4, -0.2) is 28.6 Å². The third-order valence-electron chi connectivity index (χ3n) is 3.97. The smallest absolute Gasteiger partial charge is 0.338 e. The van der Waals surface area contributed by atoms with Crippen molar-refractivity contribution in [2.75, 3.05) is 13.2 Å². The monoisotopic (exact) mass is 416 g/mol. The first-order valence-corrected chi connectivity index (χ1v) is 9.64. The molecule has 1 aromatic carbocycles. The van der Waals surface area contributed by atoms with Crippen LogP contribution in [0.4, 0.5) is 0 Å². The van der Waals surface area contributed by atoms with Crippen LogP contribution in [-0.2, 0) is 11.3 Å². The number of halogens is 1. The van der Waals surface area contributed by atoms with Gasteiger partial charge in [-0.2, -0.15) is 0 Å². The number of benzene rings is 1. The molecule has 0 aliphatic rings. The van der Waals surface area contributed by atoms with E-state index in [9.17, 15) is 9.59 Å². The van der Waals surface area contributed by atoms with Crippen LogP contribution in [0.2, 0.25) is 5.02 Å². The number of hydrogen-bond acceptors (Lipinski definition) is 6. The fourth-order valence-corrected chi connectivity index (χ4v) is 2.82. The number of fused-ring (bicyclic) bond motifs is 1. The highest BCUT2D eigenvalue weighted by atomic mass is 35.5. The summed E-state index contributed by atoms with van der Waals surface area (Å²) in [6.45, 7) is 4.72. The Morgan fingerprint density at radius 2 is 1.93 bits per heavy atom. The van der Waals surface area contributed by atoms with Crippen LogP contribution in [0, 0.1) is 0 Å². The zero-order valence-corrected chi connectivity index (χ0v) is 16.9. The van der Waals surface area contributed by atoms with Gasteiger partial charge in [0.2, 0.25) is 0 Å². The van der Waals surface area contributed by atoms with E-state index in [0.29, 0.717) is 46.6 Å². The van der Waals surface area contributed by atoms with Gasteiger partial charge in [0.05, 0.1) is 29.5 Å². The molecule has 0 bridgehead atoms. The molecule has 0 aliphatic heterocycles. The number of carbonyl (C=O) groups excluding carboxylic acids is 1. The van der Waals surface area contributed by atoms with Crippen LogP contribution < -0.4 is 15.0 Å². The first-order chi connectivity index (χ1) is 14.0. The number of pyridine rings is 1. The van der Waals surface area contributed by atoms with Gasteiger partial charge in [-0.25, -0.2) is 9.78 Å². The minimum Gasteiger partial charge on any atom is -0.490 e. The quantitative estimate of drug-likeness (QED) is 0.518. The van der Waals surface area contributed by atoms with Crippen molar-refractivity contribution in [1.82, 2.24) is 9.38 Å². The molecule has 29 heavy (non-hydrogen) atoms. The molecule has 0 spiro atoms. The van der Waals surface area contributed by atoms with Crippen molar-refractivity contribution in [3.63, 3.8) is 0 Å². The molecule has 8 heteroatoms. The Bertz CT molecular complexity index is 1080. The Kier molecular flexibility index (Phi) is 6.72. The Labute approximate surface area is 172 Å². The molecule has 0 radical (unpaired) electrons. The van der Waals surface area contributed by atoms with E-state index in [1.54, 1.807) is 30.3 Å². The number of nitrogens with zero attached hydrogens (tertiary/aromatic N) is 2. The predicted molar refractivity (Wildman–Crippen MR) is 109 cm³/mol. The maximum absolute atomic E-state index is 12.4. The lowest BCUT2D eigenvalue weighted by Crippen LogP contribution is -2.16. The van der Waals surface area contributed by atoms with Gasteiger partial charge in [0.1, 0.15) is 12.3 Å². The van der Waals surface area contributed by atoms with Crippen molar-refractivity contribution in [2.24, 2.45) is 0 Å². The van der Waals surface area contributed by atoms with Gasteiger partial charge in [0.25, 0.3) is 5.56 Å². The van der Waals surface area contributed by atoms with Gasteiger partial charge in [-0.15, -0.1) is 0 Å². The summed E-state index contributed by atoms with van der Waals surface area (Å²) >= 11 is 5.90. The average molecular weight is 417 g/mol. The molecule has 0 N–H and O–H groups in total. The molecular weight excluding hydrogens is 396 g/mol. The highest BCUT2D eigenvalue weighted by molar-refractivity contribution is 6.30. The molecule has 3 rings (SSSR count). The van der Waals surface area contributed by atoms with E-state index in [0.717, 1.165) is 6.42 Å². The van der Waals surface area contributed by atoms with Crippen molar-refractivity contribution in [2.45, 2.75) is 26.9 Å². The van der Waals surface area contributed by atoms with Gasteiger partial charge in [-0.1, -0.05) is 18.5 Å². The Balaban J connectivity index is 1.75. The lowest BCUT2D eigenvalue weighted by atomic mass is 10.2. The SMILES string of the molecule is CCCOc1ccc(C(=O)OCc2cc(=O)n3cc(Cl)ccc3n2)cc1OCC. The number of hydrogen-bond donors (Lipinski definition) is 0. The minimum atomic E-state index is -0.550. The summed E-state index contributed by atoms with van der Waals surface area (Å²) in [5.74, 6) is 0.508. The second-order valence-electron chi connectivity index (χ2n) is 6.18. The Hall–Kier alpha value is -3.06. The summed E-state index contributed by atoms with van der Waals surface area (Å²) in [6, 6.07) is 9.45. The van der Waals surface area contributed by atoms with Crippen LogP contribution in [0.5, 0.6) is 11.5 Å². The first kappa shape index (κ1) is 20.7. The Morgan fingerprint density at radius 3 is 2.69 bits per heavy atom. The number of aromatic nitrogens is 2. The molecule has 0 amide bonds. The van der Waals surface area contributed by atoms with Crippen LogP contribution in [0.1, 0.15) is 36.3 Å². The maximum Gasteiger partial charge on any atom is 0.338 e. The number of ether oxygens (including phenoxy) is 3. The average Bonchev–Trinajstić information content (AvgIpc) is 2.72. The van der Waals surface area contributed by atoms with Gasteiger partial charge >= 0.3 is 5.97 Å². The van der Waals surface area contributed by atoms with E-state index >= 15 is 0 Å². The molecule has 2 aromatic heterocycles. The normalized spacial score (nSPS) is 10.7. The van der Waals surface area contributed by atoms with E-state index in [1.807, 2.05) is 13.8 Å². The van der Waals surface area contributed by atoms with Crippen molar-refractivity contribution in [1.29, 1.82) is 0 Å². The molecule has 2 heterocycles. The summed E-state index contributed by atoms with van der Waals surface area (Å²) in [5.41, 5.74) is 0.781. The van der Waals surface area contributed by atoms with E-state index < -0.39 is 5.97 Å². The molecule has 0 saturated carbocycles. The van der Waals surface area contributed by atoms with Gasteiger partial charge in [0.15, 0.2) is 11.5 Å². The lowest BCUT2D eigenvalue weighted by molar-refractivity contribution is 0.0467. The van der Waals surface area contributed by atoms with Crippen molar-refractivity contribution in [3.05, 3.63) is 69.2 Å². The van der Waals surface area contributed by atoms with Crippen molar-refractivity contribution < 1.29 is 19.0 Å². The van der Waals surface area contributed by atoms with Crippen molar-refractivity contribution in [3.8, 4) is 11.5 Å². The van der Waals surface area contributed by atoms with Crippen LogP contribution in [0.3, 0.4) is 0 Å². The molecule has 0 fully saturated rings. The second-order valence-corrected chi connectivity index (χ2v) is 6.62. The predicted octanol–water partition coefficient (Wildman–Crippen LogP) is 3.89. The summed E-state index contributed by atoms with van der Waals surface area (Å²) in [7, 11) is 0. The second kappa shape index (κ2) is 9.43. The first-order valence-electron chi connectivity index (χ1n) is 9.26. The van der Waals surface area contributed by atoms with E-state index in [-0.39, 0.29) is 12.2 Å². The fraction of sp³-hybridized carbons (Fsp3) is 0.286. The molecule has 3 aromatic rings. The number of esters is 1. The highest BCUT2D eigenvalue weighted by Crippen LogP contribution is 2.29. The lowest BCUT2D eigenvalue weighted by Gasteiger charge is -2.13. The third-order valence-corrected chi connectivity index (χ3v) is 4.19. The summed E-state index contributed by atoms with van der Waals surface area (Å²) < 4.78 is 17.8. The molecule has 152 valence electrons. The van der Waals surface area contributed by atoms with Crippen molar-refractivity contribution >= 4 is 23.2 Å². The largest absolute Gasteiger partial charge is 0.490 e. The van der Waals surface area contributed by atoms with E-state index in [4.69, 9.17) is 25.8 Å². The van der Waals surface area contributed by atoms with Gasteiger partial charge < -0.3 is 14.2 Å². The van der Waals surface area contributed by atoms with Crippen LogP contribution >= 0.6 is 11.6 Å². The highest BCUT2D eigenvalue weighted by Gasteiger charge is 2.14. The molecule has 7 nitrogen and oxygen atoms in total. The third kappa shape index (κ3) is 5.06. The topological polar surface area (TPSA) is 79.1 Å². The maximum atomic E-state index is 12.4. The summed E-state index contributed by atoms with van der Waals surface area (Å²) in [5, 5.41) is 0.428. The molecule has 0 aliphatic carbocycles. The minimum absolute atomic E-state index is 0.134.